The van der Waals surface area contributed by atoms with Gasteiger partial charge in [0.2, 0.25) is 5.91 Å². The van der Waals surface area contributed by atoms with Crippen molar-refractivity contribution >= 4 is 23.5 Å². The number of benzene rings is 2. The highest BCUT2D eigenvalue weighted by molar-refractivity contribution is 6.33. The average molecular weight is 328 g/mol. The predicted molar refractivity (Wildman–Crippen MR) is 93.2 cm³/mol. The van der Waals surface area contributed by atoms with Gasteiger partial charge in [-0.2, -0.15) is 0 Å². The first-order valence-electron chi connectivity index (χ1n) is 7.38. The zero-order valence-electron chi connectivity index (χ0n) is 13.1. The van der Waals surface area contributed by atoms with Crippen LogP contribution < -0.4 is 5.73 Å². The Morgan fingerprint density at radius 3 is 2.57 bits per heavy atom. The number of aliphatic imine (C=N–C) groups is 1. The normalized spacial score (nSPS) is 21.3. The Bertz CT molecular complexity index is 788. The fourth-order valence-corrected chi connectivity index (χ4v) is 3.00. The number of nitrogens with zero attached hydrogens (tertiary/aromatic N) is 2. The molecule has 23 heavy (non-hydrogen) atoms. The van der Waals surface area contributed by atoms with E-state index < -0.39 is 5.54 Å². The highest BCUT2D eigenvalue weighted by Gasteiger charge is 2.36. The molecule has 2 aromatic rings. The molecule has 0 aliphatic carbocycles. The summed E-state index contributed by atoms with van der Waals surface area (Å²) >= 11 is 6.36. The van der Waals surface area contributed by atoms with Crippen LogP contribution in [0, 0.1) is 0 Å². The zero-order chi connectivity index (χ0) is 16.6. The van der Waals surface area contributed by atoms with E-state index in [1.165, 1.54) is 4.90 Å². The summed E-state index contributed by atoms with van der Waals surface area (Å²) in [6.45, 7) is 1.92. The fraction of sp³-hybridized carbons (Fsp3) is 0.222. The van der Waals surface area contributed by atoms with E-state index in [1.54, 1.807) is 7.05 Å². The Balaban J connectivity index is 2.10. The van der Waals surface area contributed by atoms with Gasteiger partial charge in [-0.3, -0.25) is 9.69 Å². The Kier molecular flexibility index (Phi) is 3.86. The number of halogens is 1. The van der Waals surface area contributed by atoms with Gasteiger partial charge >= 0.3 is 0 Å². The molecule has 0 radical (unpaired) electrons. The molecule has 1 atom stereocenters. The second-order valence-corrected chi connectivity index (χ2v) is 6.34. The summed E-state index contributed by atoms with van der Waals surface area (Å²) < 4.78 is 0. The van der Waals surface area contributed by atoms with E-state index >= 15 is 0 Å². The molecule has 118 valence electrons. The van der Waals surface area contributed by atoms with E-state index in [1.807, 2.05) is 55.5 Å². The molecule has 0 spiro atoms. The number of amides is 1. The molecule has 4 nitrogen and oxygen atoms in total. The molecule has 0 fully saturated rings. The largest absolute Gasteiger partial charge is 0.369 e. The Morgan fingerprint density at radius 1 is 1.22 bits per heavy atom. The van der Waals surface area contributed by atoms with Crippen LogP contribution in [0.15, 0.2) is 53.5 Å². The van der Waals surface area contributed by atoms with Crippen LogP contribution in [0.3, 0.4) is 0 Å². The lowest BCUT2D eigenvalue weighted by molar-refractivity contribution is -0.128. The van der Waals surface area contributed by atoms with Crippen molar-refractivity contribution in [1.82, 2.24) is 4.90 Å². The number of nitrogens with two attached hydrogens (primary N) is 1. The van der Waals surface area contributed by atoms with Crippen LogP contribution in [0.2, 0.25) is 5.02 Å². The molecule has 1 aliphatic rings. The van der Waals surface area contributed by atoms with Crippen LogP contribution in [0.1, 0.15) is 18.9 Å². The first-order chi connectivity index (χ1) is 10.9. The van der Waals surface area contributed by atoms with E-state index in [0.717, 1.165) is 16.7 Å². The lowest BCUT2D eigenvalue weighted by Crippen LogP contribution is -2.47. The van der Waals surface area contributed by atoms with E-state index in [-0.39, 0.29) is 18.3 Å². The summed E-state index contributed by atoms with van der Waals surface area (Å²) in [6, 6.07) is 15.7. The summed E-state index contributed by atoms with van der Waals surface area (Å²) in [6.07, 6.45) is 0.278. The summed E-state index contributed by atoms with van der Waals surface area (Å²) in [5.74, 6) is 0.191. The number of carbonyl (C=O) groups is 1. The van der Waals surface area contributed by atoms with Crippen LogP contribution in [-0.2, 0) is 10.3 Å². The zero-order valence-corrected chi connectivity index (χ0v) is 13.8. The molecule has 0 saturated carbocycles. The van der Waals surface area contributed by atoms with Gasteiger partial charge in [-0.05, 0) is 30.2 Å². The smallest absolute Gasteiger partial charge is 0.231 e. The van der Waals surface area contributed by atoms with Gasteiger partial charge in [-0.25, -0.2) is 4.99 Å². The molecule has 0 bridgehead atoms. The van der Waals surface area contributed by atoms with E-state index in [9.17, 15) is 4.79 Å². The van der Waals surface area contributed by atoms with Gasteiger partial charge < -0.3 is 5.73 Å². The van der Waals surface area contributed by atoms with Gasteiger partial charge in [-0.15, -0.1) is 0 Å². The maximum atomic E-state index is 12.2. The van der Waals surface area contributed by atoms with Crippen LogP contribution >= 0.6 is 11.6 Å². The Morgan fingerprint density at radius 2 is 1.91 bits per heavy atom. The second-order valence-electron chi connectivity index (χ2n) is 5.93. The second kappa shape index (κ2) is 5.70. The quantitative estimate of drug-likeness (QED) is 0.919. The van der Waals surface area contributed by atoms with Crippen LogP contribution in [0.4, 0.5) is 0 Å². The maximum absolute atomic E-state index is 12.2. The lowest BCUT2D eigenvalue weighted by atomic mass is 9.86. The van der Waals surface area contributed by atoms with Crippen molar-refractivity contribution in [2.24, 2.45) is 10.7 Å². The van der Waals surface area contributed by atoms with Gasteiger partial charge in [0.1, 0.15) is 0 Å². The predicted octanol–water partition coefficient (Wildman–Crippen LogP) is 3.40. The van der Waals surface area contributed by atoms with Crippen molar-refractivity contribution in [3.8, 4) is 11.1 Å². The van der Waals surface area contributed by atoms with E-state index in [2.05, 4.69) is 4.99 Å². The molecule has 3 rings (SSSR count). The van der Waals surface area contributed by atoms with Gasteiger partial charge in [0.25, 0.3) is 0 Å². The van der Waals surface area contributed by atoms with Crippen molar-refractivity contribution in [2.75, 3.05) is 7.05 Å². The molecule has 0 saturated heterocycles. The van der Waals surface area contributed by atoms with Gasteiger partial charge in [0.05, 0.1) is 12.0 Å². The topological polar surface area (TPSA) is 58.7 Å². The summed E-state index contributed by atoms with van der Waals surface area (Å²) in [4.78, 5) is 18.1. The summed E-state index contributed by atoms with van der Waals surface area (Å²) in [5.41, 5.74) is 8.08. The standard InChI is InChI=1S/C18H18ClN3O/c1-18(11-16(23)22(2)17(20)21-18)13-8-9-15(19)14(10-13)12-6-4-3-5-7-12/h3-10H,11H2,1-2H3,(H2,20,21). The molecular weight excluding hydrogens is 310 g/mol. The molecule has 2 N–H and O–H groups in total. The van der Waals surface area contributed by atoms with Crippen molar-refractivity contribution in [2.45, 2.75) is 18.9 Å². The number of hydrogen-bond acceptors (Lipinski definition) is 3. The van der Waals surface area contributed by atoms with Gasteiger partial charge in [0, 0.05) is 17.6 Å². The Labute approximate surface area is 140 Å². The molecule has 0 aromatic heterocycles. The number of hydrogen-bond donors (Lipinski definition) is 1. The number of guanidine groups is 1. The van der Waals surface area contributed by atoms with Gasteiger partial charge in [0.15, 0.2) is 5.96 Å². The third-order valence-corrected chi connectivity index (χ3v) is 4.58. The Hall–Kier alpha value is -2.33. The third kappa shape index (κ3) is 2.82. The lowest BCUT2D eigenvalue weighted by Gasteiger charge is -2.34. The highest BCUT2D eigenvalue weighted by Crippen LogP contribution is 2.37. The molecular formula is C18H18ClN3O. The monoisotopic (exact) mass is 327 g/mol. The van der Waals surface area contributed by atoms with Crippen molar-refractivity contribution in [3.63, 3.8) is 0 Å². The van der Waals surface area contributed by atoms with Crippen molar-refractivity contribution in [1.29, 1.82) is 0 Å². The molecule has 1 aliphatic heterocycles. The van der Waals surface area contributed by atoms with Crippen molar-refractivity contribution in [3.05, 3.63) is 59.1 Å². The van der Waals surface area contributed by atoms with E-state index in [4.69, 9.17) is 17.3 Å². The molecule has 1 amide bonds. The SMILES string of the molecule is CN1C(=O)CC(C)(c2ccc(Cl)c(-c3ccccc3)c2)N=C1N. The van der Waals surface area contributed by atoms with Crippen LogP contribution in [-0.4, -0.2) is 23.8 Å². The van der Waals surface area contributed by atoms with Crippen molar-refractivity contribution < 1.29 is 4.79 Å². The third-order valence-electron chi connectivity index (χ3n) is 4.25. The fourth-order valence-electron chi connectivity index (χ4n) is 2.77. The molecule has 1 heterocycles. The minimum Gasteiger partial charge on any atom is -0.369 e. The number of rotatable bonds is 2. The average Bonchev–Trinajstić information content (AvgIpc) is 2.53. The maximum Gasteiger partial charge on any atom is 0.231 e. The summed E-state index contributed by atoms with van der Waals surface area (Å²) in [5, 5.41) is 0.666. The van der Waals surface area contributed by atoms with Gasteiger partial charge in [-0.1, -0.05) is 48.0 Å². The molecule has 1 unspecified atom stereocenters. The summed E-state index contributed by atoms with van der Waals surface area (Å²) in [7, 11) is 1.64. The minimum absolute atomic E-state index is 0.0452. The molecule has 2 aromatic carbocycles. The van der Waals surface area contributed by atoms with Crippen LogP contribution in [0.5, 0.6) is 0 Å². The highest BCUT2D eigenvalue weighted by atomic mass is 35.5. The van der Waals surface area contributed by atoms with E-state index in [0.29, 0.717) is 5.02 Å². The number of carbonyl (C=O) groups excluding carboxylic acids is 1. The minimum atomic E-state index is -0.679. The first kappa shape index (κ1) is 15.6. The first-order valence-corrected chi connectivity index (χ1v) is 7.76. The molecule has 5 heteroatoms. The van der Waals surface area contributed by atoms with Crippen LogP contribution in [0.25, 0.3) is 11.1 Å².